The fraction of sp³-hybridized carbons (Fsp3) is 0.238. The van der Waals surface area contributed by atoms with E-state index in [0.29, 0.717) is 18.7 Å². The second-order valence-electron chi connectivity index (χ2n) is 7.51. The molecule has 1 saturated heterocycles. The van der Waals surface area contributed by atoms with Crippen LogP contribution in [0.2, 0.25) is 0 Å². The van der Waals surface area contributed by atoms with Crippen molar-refractivity contribution in [3.63, 3.8) is 0 Å². The van der Waals surface area contributed by atoms with Gasteiger partial charge in [-0.3, -0.25) is 4.79 Å². The van der Waals surface area contributed by atoms with Crippen molar-refractivity contribution >= 4 is 28.4 Å². The van der Waals surface area contributed by atoms with Gasteiger partial charge in [-0.15, -0.1) is 5.10 Å². The number of rotatable bonds is 3. The summed E-state index contributed by atoms with van der Waals surface area (Å²) in [7, 11) is 0. The van der Waals surface area contributed by atoms with Gasteiger partial charge in [-0.05, 0) is 24.3 Å². The normalized spacial score (nSPS) is 17.2. The third-order valence-corrected chi connectivity index (χ3v) is 5.26. The lowest BCUT2D eigenvalue weighted by Gasteiger charge is -2.17. The molecule has 0 bridgehead atoms. The molecular weight excluding hydrogens is 442 g/mol. The summed E-state index contributed by atoms with van der Waals surface area (Å²) in [5.74, 6) is -0.821. The molecule has 0 unspecified atom stereocenters. The van der Waals surface area contributed by atoms with Gasteiger partial charge in [0.25, 0.3) is 0 Å². The molecule has 1 fully saturated rings. The number of amides is 1. The predicted molar refractivity (Wildman–Crippen MR) is 112 cm³/mol. The van der Waals surface area contributed by atoms with Gasteiger partial charge in [0.2, 0.25) is 11.9 Å². The Kier molecular flexibility index (Phi) is 5.08. The van der Waals surface area contributed by atoms with Crippen LogP contribution >= 0.6 is 0 Å². The first kappa shape index (κ1) is 21.1. The Balaban J connectivity index is 1.74. The minimum Gasteiger partial charge on any atom is -0.353 e. The van der Waals surface area contributed by atoms with Gasteiger partial charge < -0.3 is 16.0 Å². The van der Waals surface area contributed by atoms with Crippen LogP contribution < -0.4 is 16.0 Å². The van der Waals surface area contributed by atoms with E-state index >= 15 is 0 Å². The highest BCUT2D eigenvalue weighted by Crippen LogP contribution is 2.36. The Morgan fingerprint density at radius 1 is 1.09 bits per heavy atom. The quantitative estimate of drug-likeness (QED) is 0.408. The van der Waals surface area contributed by atoms with Crippen molar-refractivity contribution in [2.45, 2.75) is 12.2 Å². The Labute approximate surface area is 184 Å². The van der Waals surface area contributed by atoms with Crippen molar-refractivity contribution in [2.24, 2.45) is 0 Å². The van der Waals surface area contributed by atoms with Gasteiger partial charge in [-0.2, -0.15) is 17.7 Å². The van der Waals surface area contributed by atoms with E-state index < -0.39 is 23.6 Å². The van der Waals surface area contributed by atoms with E-state index in [1.54, 1.807) is 6.07 Å². The molecule has 4 aromatic rings. The molecule has 2 aromatic heterocycles. The molecule has 3 heterocycles. The van der Waals surface area contributed by atoms with Crippen molar-refractivity contribution in [1.29, 1.82) is 0 Å². The zero-order valence-electron chi connectivity index (χ0n) is 16.9. The van der Waals surface area contributed by atoms with Crippen LogP contribution in [0.25, 0.3) is 27.9 Å². The summed E-state index contributed by atoms with van der Waals surface area (Å²) in [4.78, 5) is 21.0. The van der Waals surface area contributed by atoms with Crippen LogP contribution in [0.5, 0.6) is 0 Å². The number of carbonyl (C=O) groups excluding carboxylic acids is 1. The topological polar surface area (TPSA) is 96.2 Å². The molecule has 1 aliphatic heterocycles. The van der Waals surface area contributed by atoms with Crippen molar-refractivity contribution < 1.29 is 22.4 Å². The number of para-hydroxylation sites is 1. The summed E-state index contributed by atoms with van der Waals surface area (Å²) in [5, 5.41) is 13.2. The van der Waals surface area contributed by atoms with Crippen LogP contribution in [0.4, 0.5) is 23.5 Å². The highest BCUT2D eigenvalue weighted by Gasteiger charge is 2.34. The number of nitrogens with zero attached hydrogens (tertiary/aromatic N) is 4. The second kappa shape index (κ2) is 7.96. The molecule has 5 rings (SSSR count). The molecule has 0 radical (unpaired) electrons. The highest BCUT2D eigenvalue weighted by molar-refractivity contribution is 5.95. The third-order valence-electron chi connectivity index (χ3n) is 5.26. The monoisotopic (exact) mass is 459 g/mol. The molecule has 0 spiro atoms. The third kappa shape index (κ3) is 3.93. The SMILES string of the molecule is O=C1NCCNC[C@H]1Nc1nc2c(C(F)(F)F)cccc2c2nc(-c3cccc(F)c3)nn12. The molecule has 170 valence electrons. The van der Waals surface area contributed by atoms with E-state index in [2.05, 4.69) is 31.0 Å². The molecule has 0 aliphatic carbocycles. The standard InChI is InChI=1S/C21H17F4N7O/c22-12-4-1-3-11(9-12)17-30-18-13-5-2-6-14(21(23,24)25)16(13)29-20(32(18)31-17)28-15-10-26-7-8-27-19(15)33/h1-6,9,15,26H,7-8,10H2,(H,27,33)(H,28,29)/t15-/m1/s1. The van der Waals surface area contributed by atoms with Crippen LogP contribution in [0, 0.1) is 5.82 Å². The summed E-state index contributed by atoms with van der Waals surface area (Å²) in [6, 6.07) is 8.40. The molecule has 1 aliphatic rings. The Bertz CT molecular complexity index is 1370. The number of halogens is 4. The number of alkyl halides is 3. The fourth-order valence-corrected chi connectivity index (χ4v) is 3.71. The van der Waals surface area contributed by atoms with Gasteiger partial charge in [-0.1, -0.05) is 18.2 Å². The summed E-state index contributed by atoms with van der Waals surface area (Å²) in [6.07, 6.45) is -4.66. The Morgan fingerprint density at radius 3 is 2.70 bits per heavy atom. The van der Waals surface area contributed by atoms with Crippen molar-refractivity contribution in [3.8, 4) is 11.4 Å². The molecule has 2 aromatic carbocycles. The highest BCUT2D eigenvalue weighted by atomic mass is 19.4. The molecule has 33 heavy (non-hydrogen) atoms. The van der Waals surface area contributed by atoms with Crippen LogP contribution in [0.1, 0.15) is 5.56 Å². The first-order valence-corrected chi connectivity index (χ1v) is 10.1. The molecule has 0 saturated carbocycles. The summed E-state index contributed by atoms with van der Waals surface area (Å²) < 4.78 is 56.1. The first-order chi connectivity index (χ1) is 15.8. The van der Waals surface area contributed by atoms with E-state index in [4.69, 9.17) is 0 Å². The van der Waals surface area contributed by atoms with Gasteiger partial charge in [0.1, 0.15) is 11.9 Å². The van der Waals surface area contributed by atoms with Crippen LogP contribution in [-0.2, 0) is 11.0 Å². The summed E-state index contributed by atoms with van der Waals surface area (Å²) in [6.45, 7) is 1.21. The predicted octanol–water partition coefficient (Wildman–Crippen LogP) is 2.60. The molecule has 1 amide bonds. The van der Waals surface area contributed by atoms with Crippen LogP contribution in [-0.4, -0.2) is 51.2 Å². The van der Waals surface area contributed by atoms with Crippen LogP contribution in [0.15, 0.2) is 42.5 Å². The maximum Gasteiger partial charge on any atom is 0.418 e. The number of hydrogen-bond donors (Lipinski definition) is 3. The number of benzene rings is 2. The average molecular weight is 459 g/mol. The first-order valence-electron chi connectivity index (χ1n) is 10.1. The summed E-state index contributed by atoms with van der Waals surface area (Å²) >= 11 is 0. The fourth-order valence-electron chi connectivity index (χ4n) is 3.71. The van der Waals surface area contributed by atoms with Gasteiger partial charge >= 0.3 is 6.18 Å². The number of hydrogen-bond acceptors (Lipinski definition) is 6. The molecule has 1 atom stereocenters. The van der Waals surface area contributed by atoms with E-state index in [-0.39, 0.29) is 40.8 Å². The zero-order valence-corrected chi connectivity index (χ0v) is 16.9. The van der Waals surface area contributed by atoms with Crippen LogP contribution in [0.3, 0.4) is 0 Å². The lowest BCUT2D eigenvalue weighted by atomic mass is 10.1. The van der Waals surface area contributed by atoms with Gasteiger partial charge in [0.05, 0.1) is 11.1 Å². The van der Waals surface area contributed by atoms with Crippen molar-refractivity contribution in [2.75, 3.05) is 25.0 Å². The number of carbonyl (C=O) groups is 1. The molecule has 3 N–H and O–H groups in total. The second-order valence-corrected chi connectivity index (χ2v) is 7.51. The lowest BCUT2D eigenvalue weighted by Crippen LogP contribution is -2.42. The van der Waals surface area contributed by atoms with E-state index in [9.17, 15) is 22.4 Å². The van der Waals surface area contributed by atoms with Gasteiger partial charge in [0, 0.05) is 30.6 Å². The lowest BCUT2D eigenvalue weighted by molar-refractivity contribution is -0.136. The number of aromatic nitrogens is 4. The molecular formula is C21H17F4N7O. The van der Waals surface area contributed by atoms with E-state index in [1.807, 2.05) is 0 Å². The minimum atomic E-state index is -4.66. The maximum atomic E-state index is 13.8. The number of nitrogens with one attached hydrogen (secondary N) is 3. The smallest absolute Gasteiger partial charge is 0.353 e. The van der Waals surface area contributed by atoms with E-state index in [0.717, 1.165) is 6.07 Å². The van der Waals surface area contributed by atoms with E-state index in [1.165, 1.54) is 34.8 Å². The largest absolute Gasteiger partial charge is 0.418 e. The van der Waals surface area contributed by atoms with Gasteiger partial charge in [-0.25, -0.2) is 14.4 Å². The minimum absolute atomic E-state index is 0.0896. The molecule has 12 heteroatoms. The van der Waals surface area contributed by atoms with Crippen molar-refractivity contribution in [1.82, 2.24) is 30.2 Å². The zero-order chi connectivity index (χ0) is 23.2. The van der Waals surface area contributed by atoms with Gasteiger partial charge in [0.15, 0.2) is 11.5 Å². The number of fused-ring (bicyclic) bond motifs is 3. The number of anilines is 1. The Hall–Kier alpha value is -3.80. The molecule has 8 nitrogen and oxygen atoms in total. The summed E-state index contributed by atoms with van der Waals surface area (Å²) in [5.41, 5.74) is -0.835. The average Bonchev–Trinajstić information content (AvgIpc) is 3.13. The Morgan fingerprint density at radius 2 is 1.91 bits per heavy atom. The van der Waals surface area contributed by atoms with Crippen molar-refractivity contribution in [3.05, 3.63) is 53.8 Å². The maximum absolute atomic E-state index is 13.8.